The van der Waals surface area contributed by atoms with Crippen molar-refractivity contribution >= 4 is 51.6 Å². The molecule has 2 fully saturated rings. The number of hydrogen-bond donors (Lipinski definition) is 5. The standard InChI is InChI=1S/C29H33Cl2N9O4/c1-4-23(41)36-19-12-40(17-10-33-34-11-17)13-20(19)38-29-32-9-15-7-18(24-25(30)21(42-2)8-22(43-3)26(24)31)37-28(27(15)39-29)35-16-5-6-44-14-16/h4,7-11,16,19-20,23,36,41H,1,5-6,12-14H2,2-3H3,(H,33,34)(H,35,37)(H,32,38,39)/t16?,19-,20+,23?/m0/s1. The van der Waals surface area contributed by atoms with E-state index in [1.165, 1.54) is 20.3 Å². The molecule has 0 radical (unpaired) electrons. The Morgan fingerprint density at radius 2 is 1.89 bits per heavy atom. The third kappa shape index (κ3) is 6.06. The Hall–Kier alpha value is -3.88. The molecule has 3 aromatic heterocycles. The molecule has 2 saturated heterocycles. The Labute approximate surface area is 263 Å². The lowest BCUT2D eigenvalue weighted by Gasteiger charge is -2.23. The fourth-order valence-electron chi connectivity index (χ4n) is 5.49. The number of methoxy groups -OCH3 is 2. The summed E-state index contributed by atoms with van der Waals surface area (Å²) >= 11 is 13.5. The van der Waals surface area contributed by atoms with Crippen LogP contribution in [0, 0.1) is 0 Å². The molecule has 232 valence electrons. The number of benzene rings is 1. The SMILES string of the molecule is C=CC(O)N[C@H]1CN(c2cn[nH]c2)C[C@H]1Nc1ncc2cc(-c3c(Cl)c(OC)cc(OC)c3Cl)nc(NC3CCOC3)c2n1. The van der Waals surface area contributed by atoms with Gasteiger partial charge in [-0.25, -0.2) is 15.0 Å². The maximum atomic E-state index is 10.3. The number of aromatic nitrogens is 5. The Morgan fingerprint density at radius 1 is 1.11 bits per heavy atom. The number of anilines is 3. The van der Waals surface area contributed by atoms with Gasteiger partial charge in [0.1, 0.15) is 23.2 Å². The second-order valence-corrected chi connectivity index (χ2v) is 11.3. The number of aromatic amines is 1. The number of H-pyrrole nitrogens is 1. The van der Waals surface area contributed by atoms with E-state index in [2.05, 4.69) is 42.6 Å². The molecule has 0 saturated carbocycles. The number of rotatable bonds is 11. The van der Waals surface area contributed by atoms with E-state index in [1.807, 2.05) is 12.3 Å². The van der Waals surface area contributed by atoms with Gasteiger partial charge in [0.2, 0.25) is 5.95 Å². The highest BCUT2D eigenvalue weighted by Crippen LogP contribution is 2.46. The van der Waals surface area contributed by atoms with Crippen molar-refractivity contribution < 1.29 is 19.3 Å². The van der Waals surface area contributed by atoms with E-state index in [-0.39, 0.29) is 18.1 Å². The molecule has 5 N–H and O–H groups in total. The Kier molecular flexibility index (Phi) is 8.91. The van der Waals surface area contributed by atoms with E-state index < -0.39 is 6.23 Å². The molecule has 13 nitrogen and oxygen atoms in total. The van der Waals surface area contributed by atoms with Gasteiger partial charge in [0, 0.05) is 55.1 Å². The highest BCUT2D eigenvalue weighted by molar-refractivity contribution is 6.41. The summed E-state index contributed by atoms with van der Waals surface area (Å²) in [5.74, 6) is 1.77. The monoisotopic (exact) mass is 641 g/mol. The van der Waals surface area contributed by atoms with Crippen LogP contribution in [-0.4, -0.2) is 95.1 Å². The van der Waals surface area contributed by atoms with E-state index in [0.717, 1.165) is 17.5 Å². The Bertz CT molecular complexity index is 1610. The van der Waals surface area contributed by atoms with Gasteiger partial charge < -0.3 is 34.9 Å². The number of nitrogens with zero attached hydrogens (tertiary/aromatic N) is 5. The number of ether oxygens (including phenoxy) is 3. The molecule has 0 bridgehead atoms. The van der Waals surface area contributed by atoms with Crippen molar-refractivity contribution in [2.45, 2.75) is 30.8 Å². The third-order valence-electron chi connectivity index (χ3n) is 7.76. The quantitative estimate of drug-likeness (QED) is 0.120. The lowest BCUT2D eigenvalue weighted by atomic mass is 10.1. The smallest absolute Gasteiger partial charge is 0.223 e. The minimum absolute atomic E-state index is 0.0467. The van der Waals surface area contributed by atoms with Gasteiger partial charge >= 0.3 is 0 Å². The minimum atomic E-state index is -0.868. The van der Waals surface area contributed by atoms with Crippen molar-refractivity contribution in [2.24, 2.45) is 0 Å². The van der Waals surface area contributed by atoms with Gasteiger partial charge in [0.15, 0.2) is 5.82 Å². The summed E-state index contributed by atoms with van der Waals surface area (Å²) in [6.45, 7) is 6.13. The van der Waals surface area contributed by atoms with Crippen LogP contribution < -0.4 is 30.3 Å². The molecule has 2 unspecified atom stereocenters. The number of halogens is 2. The zero-order valence-electron chi connectivity index (χ0n) is 24.2. The van der Waals surface area contributed by atoms with E-state index in [0.29, 0.717) is 76.4 Å². The van der Waals surface area contributed by atoms with Crippen molar-refractivity contribution in [3.05, 3.63) is 53.4 Å². The van der Waals surface area contributed by atoms with E-state index in [4.69, 9.17) is 47.4 Å². The molecule has 44 heavy (non-hydrogen) atoms. The normalized spacial score (nSPS) is 20.6. The Balaban J connectivity index is 1.38. The van der Waals surface area contributed by atoms with Gasteiger partial charge in [-0.15, -0.1) is 0 Å². The molecule has 0 aliphatic carbocycles. The van der Waals surface area contributed by atoms with Gasteiger partial charge in [0.05, 0.1) is 60.5 Å². The van der Waals surface area contributed by atoms with Crippen LogP contribution in [0.3, 0.4) is 0 Å². The molecular formula is C29H33Cl2N9O4. The largest absolute Gasteiger partial charge is 0.495 e. The fraction of sp³-hybridized carbons (Fsp3) is 0.379. The highest BCUT2D eigenvalue weighted by Gasteiger charge is 2.35. The minimum Gasteiger partial charge on any atom is -0.495 e. The van der Waals surface area contributed by atoms with Crippen LogP contribution in [0.25, 0.3) is 22.2 Å². The maximum absolute atomic E-state index is 10.3. The molecule has 0 amide bonds. The highest BCUT2D eigenvalue weighted by atomic mass is 35.5. The average Bonchev–Trinajstić information content (AvgIpc) is 3.81. The number of hydrogen-bond acceptors (Lipinski definition) is 12. The number of nitrogens with one attached hydrogen (secondary N) is 4. The summed E-state index contributed by atoms with van der Waals surface area (Å²) in [6.07, 6.45) is 6.74. The molecule has 2 aliphatic rings. The summed E-state index contributed by atoms with van der Waals surface area (Å²) in [5, 5.41) is 28.7. The lowest BCUT2D eigenvalue weighted by molar-refractivity contribution is 0.169. The van der Waals surface area contributed by atoms with Crippen molar-refractivity contribution in [1.82, 2.24) is 30.5 Å². The third-order valence-corrected chi connectivity index (χ3v) is 8.51. The van der Waals surface area contributed by atoms with Crippen LogP contribution in [0.1, 0.15) is 6.42 Å². The molecule has 1 aromatic carbocycles. The predicted molar refractivity (Wildman–Crippen MR) is 170 cm³/mol. The van der Waals surface area contributed by atoms with Crippen LogP contribution in [-0.2, 0) is 4.74 Å². The molecule has 4 aromatic rings. The van der Waals surface area contributed by atoms with Crippen molar-refractivity contribution in [3.8, 4) is 22.8 Å². The van der Waals surface area contributed by atoms with Crippen molar-refractivity contribution in [1.29, 1.82) is 0 Å². The van der Waals surface area contributed by atoms with Crippen LogP contribution in [0.2, 0.25) is 10.0 Å². The second-order valence-electron chi connectivity index (χ2n) is 10.5. The first-order valence-corrected chi connectivity index (χ1v) is 14.8. The van der Waals surface area contributed by atoms with Crippen LogP contribution in [0.5, 0.6) is 11.5 Å². The predicted octanol–water partition coefficient (Wildman–Crippen LogP) is 3.70. The zero-order valence-corrected chi connectivity index (χ0v) is 25.7. The number of aliphatic hydroxyl groups excluding tert-OH is 1. The van der Waals surface area contributed by atoms with Crippen LogP contribution in [0.4, 0.5) is 17.5 Å². The molecule has 0 spiro atoms. The Morgan fingerprint density at radius 3 is 2.55 bits per heavy atom. The first-order chi connectivity index (χ1) is 21.4. The first kappa shape index (κ1) is 30.2. The van der Waals surface area contributed by atoms with Gasteiger partial charge in [-0.2, -0.15) is 5.10 Å². The molecule has 6 rings (SSSR count). The summed E-state index contributed by atoms with van der Waals surface area (Å²) in [7, 11) is 3.05. The number of fused-ring (bicyclic) bond motifs is 1. The summed E-state index contributed by atoms with van der Waals surface area (Å²) < 4.78 is 16.6. The molecule has 2 aliphatic heterocycles. The summed E-state index contributed by atoms with van der Waals surface area (Å²) in [5.41, 5.74) is 2.53. The topological polar surface area (TPSA) is 155 Å². The summed E-state index contributed by atoms with van der Waals surface area (Å²) in [6, 6.07) is 3.23. The molecular weight excluding hydrogens is 609 g/mol. The molecule has 5 heterocycles. The van der Waals surface area contributed by atoms with Gasteiger partial charge in [-0.05, 0) is 18.6 Å². The van der Waals surface area contributed by atoms with E-state index in [1.54, 1.807) is 18.5 Å². The fourth-order valence-corrected chi connectivity index (χ4v) is 6.18. The van der Waals surface area contributed by atoms with Crippen LogP contribution >= 0.6 is 23.2 Å². The zero-order chi connectivity index (χ0) is 30.8. The van der Waals surface area contributed by atoms with Gasteiger partial charge in [-0.3, -0.25) is 10.4 Å². The molecule has 4 atom stereocenters. The van der Waals surface area contributed by atoms with Gasteiger partial charge in [-0.1, -0.05) is 29.8 Å². The first-order valence-electron chi connectivity index (χ1n) is 14.1. The van der Waals surface area contributed by atoms with Gasteiger partial charge in [0.25, 0.3) is 0 Å². The van der Waals surface area contributed by atoms with Crippen LogP contribution in [0.15, 0.2) is 43.4 Å². The second kappa shape index (κ2) is 13.0. The number of aliphatic hydroxyl groups is 1. The summed E-state index contributed by atoms with van der Waals surface area (Å²) in [4.78, 5) is 16.7. The van der Waals surface area contributed by atoms with Crippen molar-refractivity contribution in [3.63, 3.8) is 0 Å². The lowest BCUT2D eigenvalue weighted by Crippen LogP contribution is -2.47. The average molecular weight is 643 g/mol. The number of pyridine rings is 1. The van der Waals surface area contributed by atoms with Crippen molar-refractivity contribution in [2.75, 3.05) is 56.1 Å². The molecule has 15 heteroatoms. The maximum Gasteiger partial charge on any atom is 0.223 e. The van der Waals surface area contributed by atoms with E-state index >= 15 is 0 Å². The van der Waals surface area contributed by atoms with E-state index in [9.17, 15) is 5.11 Å².